The Morgan fingerprint density at radius 2 is 1.86 bits per heavy atom. The van der Waals surface area contributed by atoms with Crippen molar-refractivity contribution in [3.8, 4) is 11.3 Å². The fourth-order valence-electron chi connectivity index (χ4n) is 1.71. The molecule has 0 amide bonds. The lowest BCUT2D eigenvalue weighted by Crippen LogP contribution is -2.12. The summed E-state index contributed by atoms with van der Waals surface area (Å²) in [5.41, 5.74) is 0.882. The summed E-state index contributed by atoms with van der Waals surface area (Å²) in [5, 5.41) is 2.69. The van der Waals surface area contributed by atoms with Crippen molar-refractivity contribution in [2.24, 2.45) is 0 Å². The first-order chi connectivity index (χ1) is 9.90. The van der Waals surface area contributed by atoms with Crippen LogP contribution < -0.4 is 5.32 Å². The van der Waals surface area contributed by atoms with Crippen LogP contribution in [0.5, 0.6) is 0 Å². The number of aromatic nitrogens is 2. The van der Waals surface area contributed by atoms with Crippen molar-refractivity contribution in [3.05, 3.63) is 54.2 Å². The van der Waals surface area contributed by atoms with Gasteiger partial charge in [0.2, 0.25) is 5.95 Å². The Balaban J connectivity index is 2.48. The van der Waals surface area contributed by atoms with Crippen LogP contribution in [0.4, 0.5) is 19.1 Å². The molecule has 3 nitrogen and oxygen atoms in total. The quantitative estimate of drug-likeness (QED) is 0.864. The zero-order chi connectivity index (χ0) is 15.5. The van der Waals surface area contributed by atoms with Gasteiger partial charge in [-0.05, 0) is 13.0 Å². The largest absolute Gasteiger partial charge is 0.433 e. The lowest BCUT2D eigenvalue weighted by atomic mass is 10.1. The highest BCUT2D eigenvalue weighted by atomic mass is 19.4. The highest BCUT2D eigenvalue weighted by Crippen LogP contribution is 2.31. The monoisotopic (exact) mass is 293 g/mol. The van der Waals surface area contributed by atoms with E-state index in [4.69, 9.17) is 0 Å². The van der Waals surface area contributed by atoms with E-state index in [1.807, 2.05) is 19.1 Å². The summed E-state index contributed by atoms with van der Waals surface area (Å²) in [7, 11) is 0. The second-order valence-electron chi connectivity index (χ2n) is 4.50. The van der Waals surface area contributed by atoms with Crippen LogP contribution in [0.2, 0.25) is 0 Å². The summed E-state index contributed by atoms with van der Waals surface area (Å²) in [6.07, 6.45) is -3.00. The molecule has 1 aromatic heterocycles. The summed E-state index contributed by atoms with van der Waals surface area (Å²) in [4.78, 5) is 7.60. The van der Waals surface area contributed by atoms with Gasteiger partial charge in [0.05, 0.1) is 5.69 Å². The van der Waals surface area contributed by atoms with E-state index in [0.29, 0.717) is 5.56 Å². The smallest absolute Gasteiger partial charge is 0.351 e. The van der Waals surface area contributed by atoms with Gasteiger partial charge >= 0.3 is 6.18 Å². The predicted octanol–water partition coefficient (Wildman–Crippen LogP) is 4.07. The van der Waals surface area contributed by atoms with Crippen LogP contribution in [0, 0.1) is 6.92 Å². The van der Waals surface area contributed by atoms with Crippen molar-refractivity contribution in [1.82, 2.24) is 9.97 Å². The van der Waals surface area contributed by atoms with Gasteiger partial charge in [0, 0.05) is 12.1 Å². The number of alkyl halides is 3. The Hall–Kier alpha value is -2.37. The maximum Gasteiger partial charge on any atom is 0.433 e. The van der Waals surface area contributed by atoms with Crippen LogP contribution in [-0.2, 0) is 6.18 Å². The normalized spacial score (nSPS) is 11.2. The third kappa shape index (κ3) is 3.81. The van der Waals surface area contributed by atoms with Crippen LogP contribution >= 0.6 is 0 Å². The van der Waals surface area contributed by atoms with Gasteiger partial charge in [-0.15, -0.1) is 6.58 Å². The van der Waals surface area contributed by atoms with Crippen molar-refractivity contribution in [2.75, 3.05) is 11.9 Å². The third-order valence-corrected chi connectivity index (χ3v) is 2.77. The van der Waals surface area contributed by atoms with E-state index in [9.17, 15) is 13.2 Å². The fraction of sp³-hybridized carbons (Fsp3) is 0.200. The van der Waals surface area contributed by atoms with Gasteiger partial charge in [-0.1, -0.05) is 35.9 Å². The summed E-state index contributed by atoms with van der Waals surface area (Å²) in [6, 6.07) is 8.05. The molecule has 6 heteroatoms. The molecule has 21 heavy (non-hydrogen) atoms. The van der Waals surface area contributed by atoms with Crippen molar-refractivity contribution in [1.29, 1.82) is 0 Å². The number of halogens is 3. The first-order valence-electron chi connectivity index (χ1n) is 6.28. The Labute approximate surface area is 120 Å². The van der Waals surface area contributed by atoms with Crippen molar-refractivity contribution < 1.29 is 13.2 Å². The number of nitrogens with one attached hydrogen (secondary N) is 1. The number of anilines is 1. The maximum absolute atomic E-state index is 12.9. The lowest BCUT2D eigenvalue weighted by Gasteiger charge is -2.11. The van der Waals surface area contributed by atoms with Gasteiger partial charge < -0.3 is 5.32 Å². The fourth-order valence-corrected chi connectivity index (χ4v) is 1.71. The molecule has 0 radical (unpaired) electrons. The number of benzene rings is 1. The molecular formula is C15H14F3N3. The second-order valence-corrected chi connectivity index (χ2v) is 4.50. The highest BCUT2D eigenvalue weighted by Gasteiger charge is 2.33. The summed E-state index contributed by atoms with van der Waals surface area (Å²) >= 11 is 0. The molecule has 0 saturated heterocycles. The first kappa shape index (κ1) is 15.0. The number of aryl methyl sites for hydroxylation is 1. The molecule has 1 heterocycles. The number of hydrogen-bond donors (Lipinski definition) is 1. The van der Waals surface area contributed by atoms with E-state index in [1.54, 1.807) is 12.1 Å². The Morgan fingerprint density at radius 1 is 1.19 bits per heavy atom. The van der Waals surface area contributed by atoms with Crippen molar-refractivity contribution in [3.63, 3.8) is 0 Å². The zero-order valence-electron chi connectivity index (χ0n) is 11.4. The third-order valence-electron chi connectivity index (χ3n) is 2.77. The molecule has 0 unspecified atom stereocenters. The minimum Gasteiger partial charge on any atom is -0.351 e. The van der Waals surface area contributed by atoms with Gasteiger partial charge in [-0.2, -0.15) is 13.2 Å². The molecule has 2 rings (SSSR count). The van der Waals surface area contributed by atoms with E-state index in [1.165, 1.54) is 6.08 Å². The van der Waals surface area contributed by atoms with Crippen LogP contribution in [0.1, 0.15) is 11.3 Å². The predicted molar refractivity (Wildman–Crippen MR) is 75.9 cm³/mol. The Kier molecular flexibility index (Phi) is 4.26. The van der Waals surface area contributed by atoms with Gasteiger partial charge in [0.25, 0.3) is 0 Å². The molecule has 0 aliphatic rings. The number of hydrogen-bond acceptors (Lipinski definition) is 3. The van der Waals surface area contributed by atoms with Crippen LogP contribution in [0.25, 0.3) is 11.3 Å². The van der Waals surface area contributed by atoms with E-state index in [2.05, 4.69) is 21.9 Å². The summed E-state index contributed by atoms with van der Waals surface area (Å²) in [5.74, 6) is -0.0692. The molecule has 0 aliphatic carbocycles. The molecular weight excluding hydrogens is 279 g/mol. The summed E-state index contributed by atoms with van der Waals surface area (Å²) < 4.78 is 38.7. The van der Waals surface area contributed by atoms with Gasteiger partial charge in [-0.3, -0.25) is 0 Å². The average Bonchev–Trinajstić information content (AvgIpc) is 2.44. The maximum atomic E-state index is 12.9. The minimum atomic E-state index is -4.52. The molecule has 0 aliphatic heterocycles. The Morgan fingerprint density at radius 3 is 2.43 bits per heavy atom. The number of rotatable bonds is 4. The van der Waals surface area contributed by atoms with E-state index in [0.717, 1.165) is 11.6 Å². The van der Waals surface area contributed by atoms with Gasteiger partial charge in [0.1, 0.15) is 0 Å². The van der Waals surface area contributed by atoms with Gasteiger partial charge in [-0.25, -0.2) is 9.97 Å². The van der Waals surface area contributed by atoms with E-state index in [-0.39, 0.29) is 18.2 Å². The molecule has 110 valence electrons. The molecule has 0 spiro atoms. The lowest BCUT2D eigenvalue weighted by molar-refractivity contribution is -0.141. The highest BCUT2D eigenvalue weighted by molar-refractivity contribution is 5.61. The summed E-state index contributed by atoms with van der Waals surface area (Å²) in [6.45, 7) is 5.69. The van der Waals surface area contributed by atoms with Gasteiger partial charge in [0.15, 0.2) is 5.69 Å². The molecule has 0 bridgehead atoms. The van der Waals surface area contributed by atoms with Crippen LogP contribution in [0.3, 0.4) is 0 Å². The van der Waals surface area contributed by atoms with Crippen molar-refractivity contribution >= 4 is 5.95 Å². The molecule has 0 fully saturated rings. The van der Waals surface area contributed by atoms with E-state index < -0.39 is 11.9 Å². The topological polar surface area (TPSA) is 37.8 Å². The molecule has 1 aromatic carbocycles. The average molecular weight is 293 g/mol. The minimum absolute atomic E-state index is 0.0692. The van der Waals surface area contributed by atoms with Crippen molar-refractivity contribution in [2.45, 2.75) is 13.1 Å². The zero-order valence-corrected chi connectivity index (χ0v) is 11.4. The SMILES string of the molecule is C=CCNc1nc(-c2ccc(C)cc2)cc(C(F)(F)F)n1. The Bertz CT molecular complexity index is 634. The van der Waals surface area contributed by atoms with Crippen LogP contribution in [-0.4, -0.2) is 16.5 Å². The second kappa shape index (κ2) is 5.95. The first-order valence-corrected chi connectivity index (χ1v) is 6.28. The molecule has 1 N–H and O–H groups in total. The molecule has 2 aromatic rings. The number of nitrogens with zero attached hydrogens (tertiary/aromatic N) is 2. The standard InChI is InChI=1S/C15H14F3N3/c1-3-8-19-14-20-12(9-13(21-14)15(16,17)18)11-6-4-10(2)5-7-11/h3-7,9H,1,8H2,2H3,(H,19,20,21). The van der Waals surface area contributed by atoms with Crippen LogP contribution in [0.15, 0.2) is 43.0 Å². The van der Waals surface area contributed by atoms with E-state index >= 15 is 0 Å². The molecule has 0 atom stereocenters. The molecule has 0 saturated carbocycles.